The van der Waals surface area contributed by atoms with Gasteiger partial charge in [0.1, 0.15) is 17.1 Å². The standard InChI is InChI=1S/C27H29N3O4S2/c1-30(12-4-5-13-30)14-6-9-20-16-36-26-23(25(32)29(26)24(20)27(33)34)28-22(31)17-35-21-11-10-18-7-2-3-8-19(18)15-21/h2-3,6-11,15,23,26H,4-5,12-14,16-17H2,1H3,(H-,28,31,33,34)/p+1/b9-6+. The van der Waals surface area contributed by atoms with Crippen molar-refractivity contribution in [2.24, 2.45) is 0 Å². The number of β-lactam (4-membered cyclic amide) rings is 1. The first-order valence-electron chi connectivity index (χ1n) is 12.2. The fraction of sp³-hybridized carbons (Fsp3) is 0.370. The number of quaternary nitrogens is 1. The van der Waals surface area contributed by atoms with Gasteiger partial charge < -0.3 is 14.9 Å². The number of fused-ring (bicyclic) bond motifs is 2. The maximum atomic E-state index is 12.9. The lowest BCUT2D eigenvalue weighted by Crippen LogP contribution is -2.70. The largest absolute Gasteiger partial charge is 0.477 e. The zero-order valence-corrected chi connectivity index (χ0v) is 21.8. The molecule has 2 saturated heterocycles. The Kier molecular flexibility index (Phi) is 7.14. The maximum absolute atomic E-state index is 12.9. The molecule has 188 valence electrons. The number of amides is 2. The number of nitrogens with one attached hydrogen (secondary N) is 1. The summed E-state index contributed by atoms with van der Waals surface area (Å²) in [5.41, 5.74) is 0.694. The van der Waals surface area contributed by atoms with Crippen LogP contribution in [-0.4, -0.2) is 81.9 Å². The third-order valence-corrected chi connectivity index (χ3v) is 9.41. The van der Waals surface area contributed by atoms with Gasteiger partial charge in [-0.2, -0.15) is 0 Å². The summed E-state index contributed by atoms with van der Waals surface area (Å²) in [6, 6.07) is 13.4. The highest BCUT2D eigenvalue weighted by Gasteiger charge is 2.53. The molecule has 36 heavy (non-hydrogen) atoms. The number of nitrogens with zero attached hydrogens (tertiary/aromatic N) is 2. The molecule has 0 spiro atoms. The third kappa shape index (κ3) is 5.05. The van der Waals surface area contributed by atoms with Crippen LogP contribution in [0.1, 0.15) is 12.8 Å². The van der Waals surface area contributed by atoms with Gasteiger partial charge in [0.05, 0.1) is 32.4 Å². The van der Waals surface area contributed by atoms with E-state index < -0.39 is 17.4 Å². The lowest BCUT2D eigenvalue weighted by Gasteiger charge is -2.49. The van der Waals surface area contributed by atoms with Crippen molar-refractivity contribution < 1.29 is 24.0 Å². The smallest absolute Gasteiger partial charge is 0.352 e. The van der Waals surface area contributed by atoms with Gasteiger partial charge in [0, 0.05) is 23.5 Å². The molecule has 0 bridgehead atoms. The SMILES string of the molecule is C[N+]1(C/C=C/C2=C(C(=O)O)N3C(=O)C(NC(=O)CSc4ccc5ccccc5c4)C3SC2)CCCC1. The minimum Gasteiger partial charge on any atom is -0.477 e. The van der Waals surface area contributed by atoms with E-state index in [1.54, 1.807) is 0 Å². The number of carboxylic acids is 1. The molecular weight excluding hydrogens is 494 g/mol. The Morgan fingerprint density at radius 2 is 1.94 bits per heavy atom. The number of carboxylic acid groups (broad SMARTS) is 1. The molecular formula is C27H30N3O4S2+. The highest BCUT2D eigenvalue weighted by molar-refractivity contribution is 8.00. The molecule has 5 rings (SSSR count). The van der Waals surface area contributed by atoms with Crippen LogP contribution in [-0.2, 0) is 14.4 Å². The average Bonchev–Trinajstić information content (AvgIpc) is 3.31. The summed E-state index contributed by atoms with van der Waals surface area (Å²) in [5.74, 6) is -1.02. The summed E-state index contributed by atoms with van der Waals surface area (Å²) in [5, 5.41) is 14.6. The number of allylic oxidation sites excluding steroid dienone is 1. The Bertz CT molecular complexity index is 1270. The Hall–Kier alpha value is -2.75. The van der Waals surface area contributed by atoms with E-state index in [4.69, 9.17) is 0 Å². The Morgan fingerprint density at radius 3 is 2.69 bits per heavy atom. The van der Waals surface area contributed by atoms with Gasteiger partial charge in [0.25, 0.3) is 5.91 Å². The summed E-state index contributed by atoms with van der Waals surface area (Å²) >= 11 is 2.92. The van der Waals surface area contributed by atoms with Gasteiger partial charge in [-0.05, 0) is 34.6 Å². The van der Waals surface area contributed by atoms with Crippen LogP contribution in [0.25, 0.3) is 10.8 Å². The summed E-state index contributed by atoms with van der Waals surface area (Å²) in [6.45, 7) is 3.13. The molecule has 3 aliphatic rings. The minimum absolute atomic E-state index is 0.0418. The van der Waals surface area contributed by atoms with Crippen molar-refractivity contribution in [3.8, 4) is 0 Å². The van der Waals surface area contributed by atoms with E-state index in [2.05, 4.69) is 12.4 Å². The van der Waals surface area contributed by atoms with E-state index in [1.165, 1.54) is 41.3 Å². The highest BCUT2D eigenvalue weighted by Crippen LogP contribution is 2.40. The molecule has 3 aliphatic heterocycles. The summed E-state index contributed by atoms with van der Waals surface area (Å²) < 4.78 is 0.968. The number of hydrogen-bond acceptors (Lipinski definition) is 5. The second-order valence-electron chi connectivity index (χ2n) is 9.79. The van der Waals surface area contributed by atoms with Gasteiger partial charge in [0.15, 0.2) is 0 Å². The van der Waals surface area contributed by atoms with E-state index in [9.17, 15) is 19.5 Å². The lowest BCUT2D eigenvalue weighted by molar-refractivity contribution is -0.891. The number of thioether (sulfide) groups is 2. The van der Waals surface area contributed by atoms with Gasteiger partial charge in [-0.25, -0.2) is 4.79 Å². The summed E-state index contributed by atoms with van der Waals surface area (Å²) in [7, 11) is 2.22. The van der Waals surface area contributed by atoms with Crippen molar-refractivity contribution in [1.29, 1.82) is 0 Å². The van der Waals surface area contributed by atoms with Gasteiger partial charge in [-0.1, -0.05) is 36.4 Å². The number of rotatable bonds is 8. The number of likely N-dealkylation sites (tertiary alicyclic amines) is 1. The second-order valence-corrected chi connectivity index (χ2v) is 11.9. The Labute approximate surface area is 219 Å². The van der Waals surface area contributed by atoms with Crippen molar-refractivity contribution in [2.45, 2.75) is 29.2 Å². The normalized spacial score (nSPS) is 23.1. The zero-order chi connectivity index (χ0) is 25.3. The zero-order valence-electron chi connectivity index (χ0n) is 20.2. The van der Waals surface area contributed by atoms with E-state index in [0.717, 1.165) is 39.8 Å². The number of carbonyl (C=O) groups excluding carboxylic acids is 2. The molecule has 2 aromatic carbocycles. The van der Waals surface area contributed by atoms with Crippen molar-refractivity contribution >= 4 is 52.1 Å². The second kappa shape index (κ2) is 10.3. The van der Waals surface area contributed by atoms with Crippen molar-refractivity contribution in [2.75, 3.05) is 38.2 Å². The maximum Gasteiger partial charge on any atom is 0.352 e. The molecule has 2 unspecified atom stereocenters. The predicted molar refractivity (Wildman–Crippen MR) is 144 cm³/mol. The number of benzene rings is 2. The van der Waals surface area contributed by atoms with Crippen molar-refractivity contribution in [3.63, 3.8) is 0 Å². The van der Waals surface area contributed by atoms with Crippen LogP contribution < -0.4 is 5.32 Å². The van der Waals surface area contributed by atoms with E-state index in [-0.39, 0.29) is 23.3 Å². The molecule has 0 saturated carbocycles. The van der Waals surface area contributed by atoms with Crippen LogP contribution in [0, 0.1) is 0 Å². The van der Waals surface area contributed by atoms with Gasteiger partial charge >= 0.3 is 5.97 Å². The number of likely N-dealkylation sites (N-methyl/N-ethyl adjacent to an activating group) is 1. The van der Waals surface area contributed by atoms with Crippen LogP contribution in [0.15, 0.2) is 70.8 Å². The first kappa shape index (κ1) is 24.9. The summed E-state index contributed by atoms with van der Waals surface area (Å²) in [6.07, 6.45) is 6.36. The quantitative estimate of drug-likeness (QED) is 0.313. The topological polar surface area (TPSA) is 86.7 Å². The van der Waals surface area contributed by atoms with E-state index in [0.29, 0.717) is 11.3 Å². The first-order valence-corrected chi connectivity index (χ1v) is 14.2. The molecule has 2 amide bonds. The Morgan fingerprint density at radius 1 is 1.19 bits per heavy atom. The summed E-state index contributed by atoms with van der Waals surface area (Å²) in [4.78, 5) is 39.9. The minimum atomic E-state index is -1.11. The molecule has 2 aromatic rings. The van der Waals surface area contributed by atoms with Crippen LogP contribution in [0.4, 0.5) is 0 Å². The van der Waals surface area contributed by atoms with Crippen LogP contribution >= 0.6 is 23.5 Å². The molecule has 2 N–H and O–H groups in total. The molecule has 0 radical (unpaired) electrons. The van der Waals surface area contributed by atoms with Crippen LogP contribution in [0.5, 0.6) is 0 Å². The molecule has 2 atom stereocenters. The molecule has 7 nitrogen and oxygen atoms in total. The highest BCUT2D eigenvalue weighted by atomic mass is 32.2. The predicted octanol–water partition coefficient (Wildman–Crippen LogP) is 3.47. The number of carbonyl (C=O) groups is 3. The fourth-order valence-electron chi connectivity index (χ4n) is 5.12. The van der Waals surface area contributed by atoms with Crippen LogP contribution in [0.2, 0.25) is 0 Å². The van der Waals surface area contributed by atoms with Crippen LogP contribution in [0.3, 0.4) is 0 Å². The fourth-order valence-corrected chi connectivity index (χ4v) is 7.20. The molecule has 0 aromatic heterocycles. The monoisotopic (exact) mass is 524 g/mol. The van der Waals surface area contributed by atoms with E-state index in [1.807, 2.05) is 54.6 Å². The first-order chi connectivity index (χ1) is 17.3. The molecule has 2 fully saturated rings. The molecule has 9 heteroatoms. The average molecular weight is 525 g/mol. The number of hydrogen-bond donors (Lipinski definition) is 2. The van der Waals surface area contributed by atoms with Crippen molar-refractivity contribution in [1.82, 2.24) is 10.2 Å². The number of aliphatic carboxylic acids is 1. The molecule has 3 heterocycles. The third-order valence-electron chi connectivity index (χ3n) is 7.12. The van der Waals surface area contributed by atoms with Gasteiger partial charge in [-0.3, -0.25) is 14.5 Å². The van der Waals surface area contributed by atoms with Gasteiger partial charge in [-0.15, -0.1) is 23.5 Å². The van der Waals surface area contributed by atoms with Crippen molar-refractivity contribution in [3.05, 3.63) is 65.9 Å². The van der Waals surface area contributed by atoms with Gasteiger partial charge in [0.2, 0.25) is 5.91 Å². The lowest BCUT2D eigenvalue weighted by atomic mass is 10.0. The van der Waals surface area contributed by atoms with E-state index >= 15 is 0 Å². The molecule has 0 aliphatic carbocycles. The Balaban J connectivity index is 1.20.